The lowest BCUT2D eigenvalue weighted by Gasteiger charge is -2.21. The van der Waals surface area contributed by atoms with Crippen LogP contribution in [0.25, 0.3) is 0 Å². The van der Waals surface area contributed by atoms with E-state index in [2.05, 4.69) is 34.6 Å². The van der Waals surface area contributed by atoms with Gasteiger partial charge in [-0.1, -0.05) is 343 Å². The number of ether oxygens (including phenoxy) is 4. The first-order valence-corrected chi connectivity index (χ1v) is 42.1. The summed E-state index contributed by atoms with van der Waals surface area (Å²) in [6.45, 7) is 7.23. The molecule has 558 valence electrons. The van der Waals surface area contributed by atoms with E-state index in [1.54, 1.807) is 0 Å². The summed E-state index contributed by atoms with van der Waals surface area (Å²) in [5.41, 5.74) is 0. The third-order valence-electron chi connectivity index (χ3n) is 17.5. The maximum absolute atomic E-state index is 13.1. The topological polar surface area (TPSA) is 237 Å². The van der Waals surface area contributed by atoms with Gasteiger partial charge in [-0.3, -0.25) is 37.3 Å². The minimum atomic E-state index is -4.95. The van der Waals surface area contributed by atoms with Gasteiger partial charge < -0.3 is 33.8 Å². The maximum atomic E-state index is 13.1. The number of rotatable bonds is 75. The molecule has 2 unspecified atom stereocenters. The van der Waals surface area contributed by atoms with Gasteiger partial charge in [0.15, 0.2) is 12.2 Å². The van der Waals surface area contributed by atoms with Gasteiger partial charge in [-0.15, -0.1) is 0 Å². The molecule has 17 nitrogen and oxygen atoms in total. The molecule has 0 amide bonds. The largest absolute Gasteiger partial charge is 0.472 e. The van der Waals surface area contributed by atoms with Crippen LogP contribution in [-0.2, 0) is 65.4 Å². The number of aliphatic hydroxyl groups excluding tert-OH is 1. The summed E-state index contributed by atoms with van der Waals surface area (Å²) < 4.78 is 68.2. The van der Waals surface area contributed by atoms with Crippen molar-refractivity contribution in [3.05, 3.63) is 0 Å². The van der Waals surface area contributed by atoms with E-state index in [1.165, 1.54) is 199 Å². The Balaban J connectivity index is 5.12. The fourth-order valence-corrected chi connectivity index (χ4v) is 13.1. The van der Waals surface area contributed by atoms with Gasteiger partial charge in [0.1, 0.15) is 19.3 Å². The predicted molar refractivity (Wildman–Crippen MR) is 382 cm³/mol. The van der Waals surface area contributed by atoms with E-state index >= 15 is 0 Å². The van der Waals surface area contributed by atoms with Crippen LogP contribution in [0.1, 0.15) is 394 Å². The predicted octanol–water partition coefficient (Wildman–Crippen LogP) is 22.1. The molecule has 0 spiro atoms. The average molecular weight is 1380 g/mol. The Kier molecular flexibility index (Phi) is 66.8. The van der Waals surface area contributed by atoms with Crippen LogP contribution in [0.2, 0.25) is 0 Å². The van der Waals surface area contributed by atoms with Crippen LogP contribution < -0.4 is 0 Å². The highest BCUT2D eigenvalue weighted by Crippen LogP contribution is 2.45. The van der Waals surface area contributed by atoms with Crippen LogP contribution in [0.4, 0.5) is 0 Å². The second-order valence-electron chi connectivity index (χ2n) is 27.5. The first kappa shape index (κ1) is 92.1. The molecule has 0 aromatic rings. The lowest BCUT2D eigenvalue weighted by Crippen LogP contribution is -2.30. The number of carbonyl (C=O) groups excluding carboxylic acids is 4. The van der Waals surface area contributed by atoms with Gasteiger partial charge in [-0.25, -0.2) is 9.13 Å². The maximum Gasteiger partial charge on any atom is 0.472 e. The Hall–Kier alpha value is -1.94. The molecule has 0 heterocycles. The number of aliphatic hydroxyl groups is 1. The molecule has 0 aromatic heterocycles. The zero-order chi connectivity index (χ0) is 69.1. The molecule has 0 aliphatic rings. The fourth-order valence-electron chi connectivity index (χ4n) is 11.5. The first-order chi connectivity index (χ1) is 45.5. The molecule has 0 rings (SSSR count). The fraction of sp³-hybridized carbons (Fsp3) is 0.947. The Bertz CT molecular complexity index is 1810. The van der Waals surface area contributed by atoms with E-state index in [0.29, 0.717) is 25.7 Å². The molecule has 94 heavy (non-hydrogen) atoms. The number of hydrogen-bond acceptors (Lipinski definition) is 15. The zero-order valence-electron chi connectivity index (χ0n) is 61.1. The second-order valence-corrected chi connectivity index (χ2v) is 30.4. The van der Waals surface area contributed by atoms with Crippen molar-refractivity contribution < 1.29 is 80.2 Å². The molecule has 0 aliphatic carbocycles. The Morgan fingerprint density at radius 3 is 0.723 bits per heavy atom. The van der Waals surface area contributed by atoms with Crippen molar-refractivity contribution in [3.8, 4) is 0 Å². The van der Waals surface area contributed by atoms with Crippen LogP contribution in [0.5, 0.6) is 0 Å². The molecule has 5 atom stereocenters. The van der Waals surface area contributed by atoms with E-state index in [0.717, 1.165) is 115 Å². The zero-order valence-corrected chi connectivity index (χ0v) is 62.9. The molecule has 0 radical (unpaired) electrons. The van der Waals surface area contributed by atoms with Gasteiger partial charge in [-0.2, -0.15) is 0 Å². The summed E-state index contributed by atoms with van der Waals surface area (Å²) in [5.74, 6) is -1.32. The molecule has 0 fully saturated rings. The molecule has 0 aromatic carbocycles. The van der Waals surface area contributed by atoms with Crippen LogP contribution in [0, 0.1) is 5.92 Å². The van der Waals surface area contributed by atoms with Crippen LogP contribution >= 0.6 is 15.6 Å². The van der Waals surface area contributed by atoms with Crippen molar-refractivity contribution in [1.29, 1.82) is 0 Å². The van der Waals surface area contributed by atoms with Crippen molar-refractivity contribution in [2.75, 3.05) is 39.6 Å². The number of esters is 4. The lowest BCUT2D eigenvalue weighted by molar-refractivity contribution is -0.161. The molecular weight excluding hydrogens is 1230 g/mol. The van der Waals surface area contributed by atoms with Crippen LogP contribution in [-0.4, -0.2) is 96.7 Å². The van der Waals surface area contributed by atoms with Crippen molar-refractivity contribution in [3.63, 3.8) is 0 Å². The lowest BCUT2D eigenvalue weighted by atomic mass is 10.0. The normalized spacial score (nSPS) is 14.0. The molecule has 0 bridgehead atoms. The second kappa shape index (κ2) is 68.2. The minimum absolute atomic E-state index is 0.105. The average Bonchev–Trinajstić information content (AvgIpc) is 2.44. The number of phosphoric ester groups is 2. The summed E-state index contributed by atoms with van der Waals surface area (Å²) in [7, 11) is -9.90. The Labute approximate surface area is 575 Å². The summed E-state index contributed by atoms with van der Waals surface area (Å²) in [6, 6.07) is 0. The summed E-state index contributed by atoms with van der Waals surface area (Å²) in [4.78, 5) is 72.5. The van der Waals surface area contributed by atoms with E-state index in [4.69, 9.17) is 37.0 Å². The van der Waals surface area contributed by atoms with Gasteiger partial charge in [0, 0.05) is 25.7 Å². The number of phosphoric acid groups is 2. The molecule has 0 aliphatic heterocycles. The molecule has 0 saturated carbocycles. The highest BCUT2D eigenvalue weighted by atomic mass is 31.2. The van der Waals surface area contributed by atoms with Gasteiger partial charge >= 0.3 is 39.5 Å². The van der Waals surface area contributed by atoms with E-state index in [9.17, 15) is 43.2 Å². The van der Waals surface area contributed by atoms with E-state index in [-0.39, 0.29) is 25.7 Å². The number of carbonyl (C=O) groups is 4. The van der Waals surface area contributed by atoms with Crippen molar-refractivity contribution >= 4 is 39.5 Å². The first-order valence-electron chi connectivity index (χ1n) is 39.1. The molecular formula is C75H146O17P2. The van der Waals surface area contributed by atoms with Gasteiger partial charge in [0.25, 0.3) is 0 Å². The third kappa shape index (κ3) is 68.6. The molecule has 0 saturated heterocycles. The minimum Gasteiger partial charge on any atom is -0.462 e. The summed E-state index contributed by atoms with van der Waals surface area (Å²) in [5, 5.41) is 10.6. The number of unbranched alkanes of at least 4 members (excludes halogenated alkanes) is 47. The SMILES string of the molecule is CCCCCCCCCCCCCCCCCCCCCCCC(=O)O[C@H](COC(=O)CCCCCCCCCCCCCCCCCC(C)C)COP(=O)(O)OC[C@@H](O)COP(=O)(O)OC[C@@H](COC(=O)CCCCCCCCC)OC(=O)CCCCCCCCCC. The van der Waals surface area contributed by atoms with E-state index < -0.39 is 97.5 Å². The smallest absolute Gasteiger partial charge is 0.462 e. The van der Waals surface area contributed by atoms with Crippen molar-refractivity contribution in [1.82, 2.24) is 0 Å². The Morgan fingerprint density at radius 1 is 0.287 bits per heavy atom. The van der Waals surface area contributed by atoms with Crippen LogP contribution in [0.3, 0.4) is 0 Å². The van der Waals surface area contributed by atoms with Gasteiger partial charge in [0.05, 0.1) is 26.4 Å². The summed E-state index contributed by atoms with van der Waals surface area (Å²) >= 11 is 0. The van der Waals surface area contributed by atoms with Crippen molar-refractivity contribution in [2.24, 2.45) is 5.92 Å². The quantitative estimate of drug-likeness (QED) is 0.0222. The highest BCUT2D eigenvalue weighted by Gasteiger charge is 2.30. The molecule has 19 heteroatoms. The summed E-state index contributed by atoms with van der Waals surface area (Å²) in [6.07, 6.45) is 57.3. The monoisotopic (exact) mass is 1380 g/mol. The van der Waals surface area contributed by atoms with Gasteiger partial charge in [0.2, 0.25) is 0 Å². The molecule has 3 N–H and O–H groups in total. The third-order valence-corrected chi connectivity index (χ3v) is 19.4. The highest BCUT2D eigenvalue weighted by molar-refractivity contribution is 7.47. The standard InChI is InChI=1S/C75H146O17P2/c1-6-9-12-15-18-20-21-22-23-24-25-26-27-28-31-35-38-41-46-51-56-61-75(80)92-71(65-86-73(78)59-54-49-45-40-37-34-32-29-30-33-36-39-43-47-52-57-68(4)5)67-90-94(83,84)88-63-69(76)62-87-93(81,82)89-66-70(64-85-72(77)58-53-48-42-17-14-11-8-3)91-74(79)60-55-50-44-19-16-13-10-7-2/h68-71,76H,6-67H2,1-5H3,(H,81,82)(H,83,84)/t69-,70+,71+/m0/s1. The van der Waals surface area contributed by atoms with E-state index in [1.807, 2.05) is 0 Å². The van der Waals surface area contributed by atoms with Crippen molar-refractivity contribution in [2.45, 2.75) is 412 Å². The van der Waals surface area contributed by atoms with Gasteiger partial charge in [-0.05, 0) is 31.6 Å². The number of hydrogen-bond donors (Lipinski definition) is 3. The Morgan fingerprint density at radius 2 is 0.489 bits per heavy atom. The van der Waals surface area contributed by atoms with Crippen LogP contribution in [0.15, 0.2) is 0 Å².